The third-order valence-electron chi connectivity index (χ3n) is 3.07. The largest absolute Gasteiger partial charge is 0.462 e. The van der Waals surface area contributed by atoms with E-state index in [1.54, 1.807) is 25.3 Å². The Hall–Kier alpha value is -1.58. The van der Waals surface area contributed by atoms with E-state index in [2.05, 4.69) is 17.2 Å². The fourth-order valence-electron chi connectivity index (χ4n) is 1.95. The lowest BCUT2D eigenvalue weighted by Crippen LogP contribution is -2.13. The Labute approximate surface area is 101 Å². The molecule has 1 fully saturated rings. The number of hydrogen-bond donors (Lipinski definition) is 1. The zero-order valence-electron chi connectivity index (χ0n) is 10.3. The topological polar surface area (TPSA) is 51.2 Å². The Bertz CT molecular complexity index is 406. The quantitative estimate of drug-likeness (QED) is 0.795. The zero-order chi connectivity index (χ0) is 12.3. The van der Waals surface area contributed by atoms with E-state index >= 15 is 0 Å². The fourth-order valence-corrected chi connectivity index (χ4v) is 1.95. The molecule has 2 rings (SSSR count). The van der Waals surface area contributed by atoms with Gasteiger partial charge in [0.25, 0.3) is 0 Å². The van der Waals surface area contributed by atoms with Crippen molar-refractivity contribution in [2.45, 2.75) is 32.7 Å². The lowest BCUT2D eigenvalue weighted by Gasteiger charge is -2.09. The van der Waals surface area contributed by atoms with Crippen LogP contribution in [0.3, 0.4) is 0 Å². The molecule has 2 atom stereocenters. The molecule has 1 aromatic heterocycles. The maximum atomic E-state index is 11.7. The van der Waals surface area contributed by atoms with Crippen molar-refractivity contribution in [3.8, 4) is 0 Å². The molecule has 1 aliphatic rings. The SMILES string of the molecule is CCOC(=O)c1cccnc1NC1CC1CC. The molecule has 1 saturated carbocycles. The molecule has 2 unspecified atom stereocenters. The molecule has 0 aromatic carbocycles. The highest BCUT2D eigenvalue weighted by molar-refractivity contribution is 5.94. The van der Waals surface area contributed by atoms with Crippen molar-refractivity contribution in [2.75, 3.05) is 11.9 Å². The highest BCUT2D eigenvalue weighted by Gasteiger charge is 2.36. The van der Waals surface area contributed by atoms with Gasteiger partial charge in [-0.1, -0.05) is 13.3 Å². The van der Waals surface area contributed by atoms with Gasteiger partial charge in [0.15, 0.2) is 0 Å². The Balaban J connectivity index is 2.08. The summed E-state index contributed by atoms with van der Waals surface area (Å²) in [7, 11) is 0. The van der Waals surface area contributed by atoms with Crippen molar-refractivity contribution >= 4 is 11.8 Å². The summed E-state index contributed by atoms with van der Waals surface area (Å²) in [6.45, 7) is 4.36. The van der Waals surface area contributed by atoms with Gasteiger partial charge < -0.3 is 10.1 Å². The number of hydrogen-bond acceptors (Lipinski definition) is 4. The second kappa shape index (κ2) is 5.17. The zero-order valence-corrected chi connectivity index (χ0v) is 10.3. The molecule has 1 aliphatic carbocycles. The van der Waals surface area contributed by atoms with Crippen LogP contribution >= 0.6 is 0 Å². The van der Waals surface area contributed by atoms with Crippen molar-refractivity contribution in [2.24, 2.45) is 5.92 Å². The molecule has 1 aromatic rings. The average molecular weight is 234 g/mol. The monoisotopic (exact) mass is 234 g/mol. The molecule has 1 N–H and O–H groups in total. The maximum absolute atomic E-state index is 11.7. The minimum Gasteiger partial charge on any atom is -0.462 e. The number of esters is 1. The van der Waals surface area contributed by atoms with Gasteiger partial charge in [-0.15, -0.1) is 0 Å². The fraction of sp³-hybridized carbons (Fsp3) is 0.538. The smallest absolute Gasteiger partial charge is 0.341 e. The molecule has 0 radical (unpaired) electrons. The van der Waals surface area contributed by atoms with Crippen LogP contribution in [0.1, 0.15) is 37.0 Å². The predicted molar refractivity (Wildman–Crippen MR) is 66.0 cm³/mol. The van der Waals surface area contributed by atoms with E-state index in [9.17, 15) is 4.79 Å². The van der Waals surface area contributed by atoms with Crippen molar-refractivity contribution in [3.05, 3.63) is 23.9 Å². The summed E-state index contributed by atoms with van der Waals surface area (Å²) in [6.07, 6.45) is 4.02. The van der Waals surface area contributed by atoms with Crippen molar-refractivity contribution < 1.29 is 9.53 Å². The van der Waals surface area contributed by atoms with Gasteiger partial charge in [0.2, 0.25) is 0 Å². The van der Waals surface area contributed by atoms with Crippen LogP contribution in [0.5, 0.6) is 0 Å². The number of ether oxygens (including phenoxy) is 1. The lowest BCUT2D eigenvalue weighted by atomic mass is 10.2. The summed E-state index contributed by atoms with van der Waals surface area (Å²) in [6, 6.07) is 3.96. The lowest BCUT2D eigenvalue weighted by molar-refractivity contribution is 0.0527. The Morgan fingerprint density at radius 3 is 3.06 bits per heavy atom. The molecule has 4 heteroatoms. The second-order valence-corrected chi connectivity index (χ2v) is 4.27. The van der Waals surface area contributed by atoms with Gasteiger partial charge in [-0.3, -0.25) is 0 Å². The highest BCUT2D eigenvalue weighted by Crippen LogP contribution is 2.36. The first kappa shape index (κ1) is 11.9. The third kappa shape index (κ3) is 2.75. The molecule has 0 spiro atoms. The van der Waals surface area contributed by atoms with Crippen LogP contribution in [0.25, 0.3) is 0 Å². The van der Waals surface area contributed by atoms with Gasteiger partial charge >= 0.3 is 5.97 Å². The van der Waals surface area contributed by atoms with Crippen molar-refractivity contribution in [1.82, 2.24) is 4.98 Å². The van der Waals surface area contributed by atoms with Gasteiger partial charge in [-0.25, -0.2) is 9.78 Å². The summed E-state index contributed by atoms with van der Waals surface area (Å²) < 4.78 is 5.00. The van der Waals surface area contributed by atoms with E-state index in [-0.39, 0.29) is 5.97 Å². The van der Waals surface area contributed by atoms with Gasteiger partial charge in [0, 0.05) is 12.2 Å². The molecular weight excluding hydrogens is 216 g/mol. The number of aromatic nitrogens is 1. The number of carbonyl (C=O) groups is 1. The van der Waals surface area contributed by atoms with Gasteiger partial charge in [-0.05, 0) is 31.4 Å². The molecule has 0 aliphatic heterocycles. The van der Waals surface area contributed by atoms with Crippen LogP contribution in [-0.2, 0) is 4.74 Å². The Morgan fingerprint density at radius 2 is 2.41 bits per heavy atom. The third-order valence-corrected chi connectivity index (χ3v) is 3.07. The maximum Gasteiger partial charge on any atom is 0.341 e. The Morgan fingerprint density at radius 1 is 1.59 bits per heavy atom. The molecular formula is C13H18N2O2. The molecule has 4 nitrogen and oxygen atoms in total. The first-order chi connectivity index (χ1) is 8.26. The summed E-state index contributed by atoms with van der Waals surface area (Å²) >= 11 is 0. The van der Waals surface area contributed by atoms with E-state index in [1.807, 2.05) is 0 Å². The summed E-state index contributed by atoms with van der Waals surface area (Å²) in [4.78, 5) is 15.9. The van der Waals surface area contributed by atoms with Crippen LogP contribution in [0.4, 0.5) is 5.82 Å². The molecule has 0 saturated heterocycles. The molecule has 0 bridgehead atoms. The van der Waals surface area contributed by atoms with E-state index in [4.69, 9.17) is 4.74 Å². The number of nitrogens with zero attached hydrogens (tertiary/aromatic N) is 1. The van der Waals surface area contributed by atoms with E-state index in [1.165, 1.54) is 6.42 Å². The predicted octanol–water partition coefficient (Wildman–Crippen LogP) is 2.47. The van der Waals surface area contributed by atoms with Crippen LogP contribution in [0, 0.1) is 5.92 Å². The number of anilines is 1. The van der Waals surface area contributed by atoms with Crippen LogP contribution in [0.15, 0.2) is 18.3 Å². The highest BCUT2D eigenvalue weighted by atomic mass is 16.5. The summed E-state index contributed by atoms with van der Waals surface area (Å²) in [5.74, 6) is 1.05. The number of carbonyl (C=O) groups excluding carboxylic acids is 1. The van der Waals surface area contributed by atoms with Crippen LogP contribution < -0.4 is 5.32 Å². The van der Waals surface area contributed by atoms with Gasteiger partial charge in [0.1, 0.15) is 11.4 Å². The minimum atomic E-state index is -0.309. The molecule has 92 valence electrons. The van der Waals surface area contributed by atoms with Crippen LogP contribution in [-0.4, -0.2) is 23.6 Å². The van der Waals surface area contributed by atoms with Gasteiger partial charge in [-0.2, -0.15) is 0 Å². The van der Waals surface area contributed by atoms with Crippen LogP contribution in [0.2, 0.25) is 0 Å². The summed E-state index contributed by atoms with van der Waals surface area (Å²) in [5, 5.41) is 3.31. The summed E-state index contributed by atoms with van der Waals surface area (Å²) in [5.41, 5.74) is 0.524. The number of pyridine rings is 1. The molecule has 0 amide bonds. The first-order valence-corrected chi connectivity index (χ1v) is 6.15. The van der Waals surface area contributed by atoms with E-state index in [0.717, 1.165) is 6.42 Å². The van der Waals surface area contributed by atoms with Gasteiger partial charge in [0.05, 0.1) is 6.61 Å². The van der Waals surface area contributed by atoms with E-state index < -0.39 is 0 Å². The molecule has 1 heterocycles. The minimum absolute atomic E-state index is 0.309. The van der Waals surface area contributed by atoms with Crippen molar-refractivity contribution in [1.29, 1.82) is 0 Å². The first-order valence-electron chi connectivity index (χ1n) is 6.15. The number of rotatable bonds is 5. The molecule has 17 heavy (non-hydrogen) atoms. The number of nitrogens with one attached hydrogen (secondary N) is 1. The van der Waals surface area contributed by atoms with Crippen molar-refractivity contribution in [3.63, 3.8) is 0 Å². The average Bonchev–Trinajstić information content (AvgIpc) is 3.08. The Kier molecular flexibility index (Phi) is 3.61. The van der Waals surface area contributed by atoms with E-state index in [0.29, 0.717) is 29.9 Å². The second-order valence-electron chi connectivity index (χ2n) is 4.27. The normalized spacial score (nSPS) is 22.0. The standard InChI is InChI=1S/C13H18N2O2/c1-3-9-8-11(9)15-12-10(6-5-7-14-12)13(16)17-4-2/h5-7,9,11H,3-4,8H2,1-2H3,(H,14,15).